The second kappa shape index (κ2) is 16.8. The van der Waals surface area contributed by atoms with Gasteiger partial charge in [-0.05, 0) is 53.1 Å². The summed E-state index contributed by atoms with van der Waals surface area (Å²) in [6.07, 6.45) is 8.88. The molecular formula is C41H44N4O6S. The zero-order valence-corrected chi connectivity index (χ0v) is 30.4. The van der Waals surface area contributed by atoms with Crippen LogP contribution in [-0.4, -0.2) is 47.7 Å². The number of likely N-dealkylation sites (N-methyl/N-ethyl adjacent to an activating group) is 1. The van der Waals surface area contributed by atoms with Crippen molar-refractivity contribution in [2.75, 3.05) is 18.5 Å². The molecule has 270 valence electrons. The first-order valence-corrected chi connectivity index (χ1v) is 19.0. The lowest BCUT2D eigenvalue weighted by atomic mass is 9.84. The summed E-state index contributed by atoms with van der Waals surface area (Å²) in [4.78, 5) is 33.2. The molecule has 1 aromatic heterocycles. The van der Waals surface area contributed by atoms with Crippen LogP contribution in [0.5, 0.6) is 5.75 Å². The third-order valence-electron chi connectivity index (χ3n) is 9.36. The molecule has 1 fully saturated rings. The normalized spacial score (nSPS) is 13.5. The molecule has 0 bridgehead atoms. The van der Waals surface area contributed by atoms with Crippen molar-refractivity contribution < 1.29 is 27.5 Å². The van der Waals surface area contributed by atoms with Crippen LogP contribution in [0.2, 0.25) is 0 Å². The number of imidazole rings is 1. The van der Waals surface area contributed by atoms with Gasteiger partial charge in [-0.25, -0.2) is 18.2 Å². The van der Waals surface area contributed by atoms with E-state index in [1.54, 1.807) is 25.2 Å². The van der Waals surface area contributed by atoms with Crippen LogP contribution in [0, 0.1) is 0 Å². The summed E-state index contributed by atoms with van der Waals surface area (Å²) in [7, 11) is -1.01. The Morgan fingerprint density at radius 2 is 1.48 bits per heavy atom. The number of hydrogen-bond acceptors (Lipinski definition) is 7. The average Bonchev–Trinajstić information content (AvgIpc) is 3.63. The molecule has 4 aromatic carbocycles. The van der Waals surface area contributed by atoms with Gasteiger partial charge in [-0.15, -0.1) is 0 Å². The molecule has 0 spiro atoms. The van der Waals surface area contributed by atoms with E-state index in [2.05, 4.69) is 17.1 Å². The maximum Gasteiger partial charge on any atom is 0.342 e. The van der Waals surface area contributed by atoms with Gasteiger partial charge >= 0.3 is 5.97 Å². The fourth-order valence-electron chi connectivity index (χ4n) is 6.38. The second-order valence-corrected chi connectivity index (χ2v) is 15.2. The van der Waals surface area contributed by atoms with Crippen molar-refractivity contribution in [2.24, 2.45) is 7.05 Å². The van der Waals surface area contributed by atoms with E-state index in [1.165, 1.54) is 66.7 Å². The lowest BCUT2D eigenvalue weighted by molar-refractivity contribution is -0.118. The van der Waals surface area contributed by atoms with Gasteiger partial charge in [0.2, 0.25) is 5.91 Å². The number of esters is 1. The van der Waals surface area contributed by atoms with Crippen LogP contribution < -0.4 is 9.64 Å². The van der Waals surface area contributed by atoms with Crippen LogP contribution in [0.4, 0.5) is 5.69 Å². The van der Waals surface area contributed by atoms with Gasteiger partial charge in [0, 0.05) is 32.0 Å². The Morgan fingerprint density at radius 1 is 0.827 bits per heavy atom. The predicted molar refractivity (Wildman–Crippen MR) is 199 cm³/mol. The number of benzene rings is 4. The van der Waals surface area contributed by atoms with E-state index in [1.807, 2.05) is 72.8 Å². The molecule has 0 atom stereocenters. The first-order valence-electron chi connectivity index (χ1n) is 17.5. The lowest BCUT2D eigenvalue weighted by Crippen LogP contribution is -2.41. The molecule has 0 saturated heterocycles. The van der Waals surface area contributed by atoms with Gasteiger partial charge in [0.15, 0.2) is 5.03 Å². The van der Waals surface area contributed by atoms with E-state index in [0.29, 0.717) is 11.6 Å². The molecule has 10 nitrogen and oxygen atoms in total. The number of nitrogens with zero attached hydrogens (tertiary/aromatic N) is 4. The van der Waals surface area contributed by atoms with Gasteiger partial charge in [-0.2, -0.15) is 4.31 Å². The van der Waals surface area contributed by atoms with Gasteiger partial charge in [0.1, 0.15) is 24.5 Å². The molecule has 1 saturated carbocycles. The molecular weight excluding hydrogens is 677 g/mol. The third kappa shape index (κ3) is 9.15. The number of aryl methyl sites for hydroxylation is 1. The third-order valence-corrected chi connectivity index (χ3v) is 11.0. The lowest BCUT2D eigenvalue weighted by Gasteiger charge is -2.27. The number of anilines is 1. The highest BCUT2D eigenvalue weighted by atomic mass is 32.2. The topological polar surface area (TPSA) is 111 Å². The first-order chi connectivity index (χ1) is 25.2. The standard InChI is InChI=1S/C41H44N4O6S/c1-43-26-39(42-30-43)52(48,49)44(2)27-40(46)45(25-31-18-20-35(21-19-31)34-16-10-5-11-17-34)36-22-23-37(41(47)51-29-33-14-8-4-9-15-33)38(24-36)50-28-32-12-6-3-7-13-32/h3-4,6-9,12-15,18-24,26,30,34H,5,10-11,16-17,25,27-29H2,1-2H3. The van der Waals surface area contributed by atoms with Crippen molar-refractivity contribution in [1.29, 1.82) is 0 Å². The van der Waals surface area contributed by atoms with Gasteiger partial charge < -0.3 is 18.9 Å². The van der Waals surface area contributed by atoms with Crippen molar-refractivity contribution in [3.05, 3.63) is 143 Å². The molecule has 6 rings (SSSR count). The molecule has 5 aromatic rings. The summed E-state index contributed by atoms with van der Waals surface area (Å²) in [5.41, 5.74) is 4.54. The van der Waals surface area contributed by atoms with Crippen molar-refractivity contribution in [2.45, 2.75) is 62.8 Å². The summed E-state index contributed by atoms with van der Waals surface area (Å²) >= 11 is 0. The Morgan fingerprint density at radius 3 is 2.12 bits per heavy atom. The smallest absolute Gasteiger partial charge is 0.342 e. The number of sulfonamides is 1. The van der Waals surface area contributed by atoms with Crippen LogP contribution in [0.1, 0.15) is 70.6 Å². The van der Waals surface area contributed by atoms with Crippen molar-refractivity contribution in [1.82, 2.24) is 13.9 Å². The number of rotatable bonds is 14. The fraction of sp³-hybridized carbons (Fsp3) is 0.293. The summed E-state index contributed by atoms with van der Waals surface area (Å²) in [5.74, 6) is -0.272. The summed E-state index contributed by atoms with van der Waals surface area (Å²) < 4.78 is 41.1. The number of aromatic nitrogens is 2. The van der Waals surface area contributed by atoms with Gasteiger partial charge in [-0.3, -0.25) is 4.79 Å². The number of carbonyl (C=O) groups excluding carboxylic acids is 2. The van der Waals surface area contributed by atoms with E-state index in [4.69, 9.17) is 9.47 Å². The molecule has 1 heterocycles. The van der Waals surface area contributed by atoms with Crippen LogP contribution in [0.3, 0.4) is 0 Å². The Bertz CT molecular complexity index is 2060. The molecule has 11 heteroatoms. The number of hydrogen-bond donors (Lipinski definition) is 0. The molecule has 52 heavy (non-hydrogen) atoms. The van der Waals surface area contributed by atoms with E-state index in [-0.39, 0.29) is 36.1 Å². The summed E-state index contributed by atoms with van der Waals surface area (Å²) in [5, 5.41) is -0.148. The Hall–Kier alpha value is -5.26. The van der Waals surface area contributed by atoms with E-state index in [9.17, 15) is 18.0 Å². The molecule has 1 amide bonds. The minimum Gasteiger partial charge on any atom is -0.488 e. The molecule has 0 unspecified atom stereocenters. The van der Waals surface area contributed by atoms with Crippen molar-refractivity contribution in [3.8, 4) is 5.75 Å². The molecule has 1 aliphatic rings. The van der Waals surface area contributed by atoms with Crippen LogP contribution in [-0.2, 0) is 46.4 Å². The molecule has 1 aliphatic carbocycles. The Kier molecular flexibility index (Phi) is 11.8. The molecule has 0 aliphatic heterocycles. The van der Waals surface area contributed by atoms with E-state index in [0.717, 1.165) is 21.0 Å². The minimum absolute atomic E-state index is 0.0814. The predicted octanol–water partition coefficient (Wildman–Crippen LogP) is 7.26. The highest BCUT2D eigenvalue weighted by Crippen LogP contribution is 2.33. The summed E-state index contributed by atoms with van der Waals surface area (Å²) in [6.45, 7) is -0.0275. The monoisotopic (exact) mass is 720 g/mol. The maximum atomic E-state index is 14.2. The van der Waals surface area contributed by atoms with Crippen LogP contribution >= 0.6 is 0 Å². The Labute approximate surface area is 305 Å². The van der Waals surface area contributed by atoms with Crippen molar-refractivity contribution in [3.63, 3.8) is 0 Å². The second-order valence-electron chi connectivity index (χ2n) is 13.2. The molecule has 0 radical (unpaired) electrons. The Balaban J connectivity index is 1.31. The zero-order valence-electron chi connectivity index (χ0n) is 29.6. The van der Waals surface area contributed by atoms with E-state index >= 15 is 0 Å². The highest BCUT2D eigenvalue weighted by molar-refractivity contribution is 7.89. The molecule has 0 N–H and O–H groups in total. The zero-order chi connectivity index (χ0) is 36.5. The first kappa shape index (κ1) is 36.5. The van der Waals surface area contributed by atoms with Crippen LogP contribution in [0.15, 0.2) is 121 Å². The van der Waals surface area contributed by atoms with Gasteiger partial charge in [0.05, 0.1) is 19.4 Å². The minimum atomic E-state index is -4.05. The van der Waals surface area contributed by atoms with Crippen molar-refractivity contribution >= 4 is 27.6 Å². The van der Waals surface area contributed by atoms with Crippen LogP contribution in [0.25, 0.3) is 0 Å². The largest absolute Gasteiger partial charge is 0.488 e. The van der Waals surface area contributed by atoms with Gasteiger partial charge in [0.25, 0.3) is 10.0 Å². The SMILES string of the molecule is CN(CC(=O)N(Cc1ccc(C2CCCCC2)cc1)c1ccc(C(=O)OCc2ccccc2)c(OCc2ccccc2)c1)S(=O)(=O)c1cn(C)cn1. The number of carbonyl (C=O) groups is 2. The van der Waals surface area contributed by atoms with E-state index < -0.39 is 28.4 Å². The fourth-order valence-corrected chi connectivity index (χ4v) is 7.46. The quantitative estimate of drug-likeness (QED) is 0.111. The average molecular weight is 721 g/mol. The summed E-state index contributed by atoms with van der Waals surface area (Å²) in [6, 6.07) is 32.2. The highest BCUT2D eigenvalue weighted by Gasteiger charge is 2.29. The van der Waals surface area contributed by atoms with Gasteiger partial charge in [-0.1, -0.05) is 104 Å². The number of ether oxygens (including phenoxy) is 2. The maximum absolute atomic E-state index is 14.2. The number of amides is 1.